The Hall–Kier alpha value is -3.25. The van der Waals surface area contributed by atoms with Crippen LogP contribution in [0.4, 0.5) is 27.8 Å². The van der Waals surface area contributed by atoms with Crippen molar-refractivity contribution in [3.63, 3.8) is 0 Å². The molecule has 7 nitrogen and oxygen atoms in total. The molecule has 3 heterocycles. The molecule has 0 spiro atoms. The Morgan fingerprint density at radius 1 is 1.31 bits per heavy atom. The predicted molar refractivity (Wildman–Crippen MR) is 121 cm³/mol. The van der Waals surface area contributed by atoms with Crippen LogP contribution >= 0.6 is 11.6 Å². The first kappa shape index (κ1) is 24.4. The number of carbonyl (C=O) groups is 1. The highest BCUT2D eigenvalue weighted by Crippen LogP contribution is 2.50. The molecule has 1 aliphatic heterocycles. The van der Waals surface area contributed by atoms with Gasteiger partial charge in [0, 0.05) is 31.3 Å². The lowest BCUT2D eigenvalue weighted by Gasteiger charge is -2.22. The van der Waals surface area contributed by atoms with Crippen molar-refractivity contribution >= 4 is 34.4 Å². The lowest BCUT2D eigenvalue weighted by atomic mass is 10.1. The Labute approximate surface area is 205 Å². The number of amides is 1. The van der Waals surface area contributed by atoms with Crippen molar-refractivity contribution in [3.8, 4) is 5.69 Å². The normalized spacial score (nSPS) is 22.0. The zero-order valence-corrected chi connectivity index (χ0v) is 19.3. The first-order valence-electron chi connectivity index (χ1n) is 10.8. The highest BCUT2D eigenvalue weighted by Gasteiger charge is 2.59. The molecule has 0 radical (unpaired) electrons. The maximum absolute atomic E-state index is 14.9. The van der Waals surface area contributed by atoms with E-state index in [1.165, 1.54) is 12.1 Å². The van der Waals surface area contributed by atoms with E-state index < -0.39 is 57.1 Å². The summed E-state index contributed by atoms with van der Waals surface area (Å²) in [7, 11) is 0. The largest absolute Gasteiger partial charge is 0.408 e. The molecule has 3 unspecified atom stereocenters. The molecule has 2 N–H and O–H groups in total. The fourth-order valence-corrected chi connectivity index (χ4v) is 4.74. The molecule has 3 aromatic rings. The van der Waals surface area contributed by atoms with Gasteiger partial charge in [0.15, 0.2) is 11.5 Å². The van der Waals surface area contributed by atoms with Crippen LogP contribution < -0.4 is 15.6 Å². The number of anilines is 1. The topological polar surface area (TPSA) is 87.5 Å². The lowest BCUT2D eigenvalue weighted by molar-refractivity contribution is -0.149. The molecule has 190 valence electrons. The van der Waals surface area contributed by atoms with Crippen molar-refractivity contribution in [3.05, 3.63) is 62.9 Å². The van der Waals surface area contributed by atoms with Gasteiger partial charge in [-0.3, -0.25) is 14.2 Å². The molecular formula is C23H18ClF5N4O3. The molecule has 1 aliphatic carbocycles. The minimum absolute atomic E-state index is 0.0721. The smallest absolute Gasteiger partial charge is 0.388 e. The van der Waals surface area contributed by atoms with Gasteiger partial charge in [0.1, 0.15) is 28.9 Å². The zero-order chi connectivity index (χ0) is 26.2. The number of fused-ring (bicyclic) bond motifs is 2. The minimum Gasteiger partial charge on any atom is -0.388 e. The van der Waals surface area contributed by atoms with Gasteiger partial charge >= 0.3 is 6.18 Å². The second kappa shape index (κ2) is 8.13. The van der Waals surface area contributed by atoms with E-state index in [0.717, 1.165) is 16.8 Å². The number of piperidine rings is 1. The zero-order valence-electron chi connectivity index (χ0n) is 18.5. The van der Waals surface area contributed by atoms with Crippen LogP contribution in [0.3, 0.4) is 0 Å². The number of β-amino-alcohol motifs (C(OH)–C–C–N with tert-alkyl or cyclic N) is 1. The van der Waals surface area contributed by atoms with Crippen molar-refractivity contribution in [1.29, 1.82) is 0 Å². The molecule has 1 aromatic carbocycles. The molecule has 13 heteroatoms. The van der Waals surface area contributed by atoms with Crippen LogP contribution in [0.25, 0.3) is 16.7 Å². The summed E-state index contributed by atoms with van der Waals surface area (Å²) >= 11 is 6.10. The summed E-state index contributed by atoms with van der Waals surface area (Å²) < 4.78 is 68.5. The van der Waals surface area contributed by atoms with Crippen LogP contribution in [0.2, 0.25) is 5.02 Å². The van der Waals surface area contributed by atoms with Crippen LogP contribution in [0.1, 0.15) is 23.7 Å². The Morgan fingerprint density at radius 2 is 2.03 bits per heavy atom. The summed E-state index contributed by atoms with van der Waals surface area (Å²) in [6.45, 7) is 1.50. The lowest BCUT2D eigenvalue weighted by Crippen LogP contribution is -2.44. The third-order valence-electron chi connectivity index (χ3n) is 6.57. The number of aromatic nitrogens is 2. The number of alkyl halides is 3. The number of hydrogen-bond acceptors (Lipinski definition) is 5. The first-order valence-corrected chi connectivity index (χ1v) is 11.2. The second-order valence-corrected chi connectivity index (χ2v) is 9.53. The van der Waals surface area contributed by atoms with E-state index in [0.29, 0.717) is 38.3 Å². The standard InChI is InChI=1S/C23H18ClF5N4O3/c1-10(23(27,28)29)30-21(35)14-8-33(18-15(24)4-12(25)5-16(18)26)20-13(19(14)34)2-3-17(31-20)32-7-11-6-22(11,36)9-32/h2-5,8,10-11,36H,6-7,9H2,1H3,(H,30,35). The van der Waals surface area contributed by atoms with E-state index in [1.54, 1.807) is 10.2 Å². The molecule has 1 saturated carbocycles. The highest BCUT2D eigenvalue weighted by atomic mass is 35.5. The van der Waals surface area contributed by atoms with Gasteiger partial charge in [-0.25, -0.2) is 13.8 Å². The molecule has 3 atom stereocenters. The number of nitrogens with zero attached hydrogens (tertiary/aromatic N) is 3. The van der Waals surface area contributed by atoms with E-state index >= 15 is 0 Å². The molecule has 2 aromatic heterocycles. The summed E-state index contributed by atoms with van der Waals surface area (Å²) in [5.74, 6) is -3.06. The summed E-state index contributed by atoms with van der Waals surface area (Å²) in [6.07, 6.45) is -3.28. The SMILES string of the molecule is CC(NC(=O)c1cn(-c2c(F)cc(F)cc2Cl)c2nc(N3CC4CC4(O)C3)ccc2c1=O)C(F)(F)F. The maximum Gasteiger partial charge on any atom is 0.408 e. The van der Waals surface area contributed by atoms with Gasteiger partial charge in [-0.2, -0.15) is 13.2 Å². The number of pyridine rings is 2. The Kier molecular flexibility index (Phi) is 5.52. The van der Waals surface area contributed by atoms with E-state index in [-0.39, 0.29) is 17.0 Å². The van der Waals surface area contributed by atoms with Gasteiger partial charge in [0.05, 0.1) is 16.0 Å². The van der Waals surface area contributed by atoms with Gasteiger partial charge in [0.2, 0.25) is 5.43 Å². The molecule has 36 heavy (non-hydrogen) atoms. The van der Waals surface area contributed by atoms with Crippen molar-refractivity contribution in [2.24, 2.45) is 5.92 Å². The fourth-order valence-electron chi connectivity index (χ4n) is 4.45. The van der Waals surface area contributed by atoms with E-state index in [2.05, 4.69) is 4.98 Å². The van der Waals surface area contributed by atoms with Crippen LogP contribution in [0, 0.1) is 17.6 Å². The van der Waals surface area contributed by atoms with Gasteiger partial charge in [-0.15, -0.1) is 0 Å². The number of rotatable bonds is 4. The van der Waals surface area contributed by atoms with Crippen LogP contribution in [-0.2, 0) is 0 Å². The third kappa shape index (κ3) is 4.07. The quantitative estimate of drug-likeness (QED) is 0.506. The third-order valence-corrected chi connectivity index (χ3v) is 6.86. The Bertz CT molecular complexity index is 1450. The molecule has 0 bridgehead atoms. The van der Waals surface area contributed by atoms with Crippen molar-refractivity contribution in [2.75, 3.05) is 18.0 Å². The van der Waals surface area contributed by atoms with E-state index in [4.69, 9.17) is 11.6 Å². The van der Waals surface area contributed by atoms with Crippen molar-refractivity contribution < 1.29 is 31.9 Å². The van der Waals surface area contributed by atoms with Crippen LogP contribution in [0.5, 0.6) is 0 Å². The van der Waals surface area contributed by atoms with Gasteiger partial charge < -0.3 is 15.3 Å². The van der Waals surface area contributed by atoms with Gasteiger partial charge in [-0.05, 0) is 31.5 Å². The predicted octanol–water partition coefficient (Wildman–Crippen LogP) is 3.57. The number of hydrogen-bond donors (Lipinski definition) is 2. The van der Waals surface area contributed by atoms with Crippen molar-refractivity contribution in [1.82, 2.24) is 14.9 Å². The van der Waals surface area contributed by atoms with Crippen LogP contribution in [0.15, 0.2) is 35.3 Å². The molecule has 1 saturated heterocycles. The van der Waals surface area contributed by atoms with Gasteiger partial charge in [-0.1, -0.05) is 11.6 Å². The van der Waals surface area contributed by atoms with Crippen LogP contribution in [-0.4, -0.2) is 51.5 Å². The molecule has 5 rings (SSSR count). The fraction of sp³-hybridized carbons (Fsp3) is 0.348. The summed E-state index contributed by atoms with van der Waals surface area (Å²) in [6, 6.07) is 1.84. The summed E-state index contributed by atoms with van der Waals surface area (Å²) in [4.78, 5) is 32.0. The average Bonchev–Trinajstić information content (AvgIpc) is 3.29. The maximum atomic E-state index is 14.9. The molecule has 2 fully saturated rings. The minimum atomic E-state index is -4.77. The van der Waals surface area contributed by atoms with E-state index in [1.807, 2.05) is 0 Å². The number of nitrogens with one attached hydrogen (secondary N) is 1. The second-order valence-electron chi connectivity index (χ2n) is 9.12. The monoisotopic (exact) mass is 528 g/mol. The van der Waals surface area contributed by atoms with Crippen molar-refractivity contribution in [2.45, 2.75) is 31.2 Å². The van der Waals surface area contributed by atoms with E-state index in [9.17, 15) is 36.6 Å². The summed E-state index contributed by atoms with van der Waals surface area (Å²) in [5.41, 5.74) is -3.08. The highest BCUT2D eigenvalue weighted by molar-refractivity contribution is 6.32. The Morgan fingerprint density at radius 3 is 2.64 bits per heavy atom. The number of aliphatic hydroxyl groups is 1. The number of carbonyl (C=O) groups excluding carboxylic acids is 1. The molecular weight excluding hydrogens is 511 g/mol. The average molecular weight is 529 g/mol. The summed E-state index contributed by atoms with van der Waals surface area (Å²) in [5, 5.41) is 11.5. The first-order chi connectivity index (χ1) is 16.8. The molecule has 1 amide bonds. The molecule has 2 aliphatic rings. The number of benzene rings is 1. The number of halogens is 6. The Balaban J connectivity index is 1.69. The van der Waals surface area contributed by atoms with Gasteiger partial charge in [0.25, 0.3) is 5.91 Å².